The molecule has 0 radical (unpaired) electrons. The summed E-state index contributed by atoms with van der Waals surface area (Å²) in [7, 11) is 0. The van der Waals surface area contributed by atoms with Crippen LogP contribution in [0.25, 0.3) is 0 Å². The first kappa shape index (κ1) is 16.5. The molecule has 0 spiro atoms. The van der Waals surface area contributed by atoms with E-state index in [1.807, 2.05) is 20.8 Å². The van der Waals surface area contributed by atoms with E-state index in [1.165, 1.54) is 5.56 Å². The summed E-state index contributed by atoms with van der Waals surface area (Å²) in [5, 5.41) is 3.18. The van der Waals surface area contributed by atoms with Crippen LogP contribution in [0, 0.1) is 5.41 Å². The fourth-order valence-electron chi connectivity index (χ4n) is 2.53. The Morgan fingerprint density at radius 1 is 1.33 bits per heavy atom. The van der Waals surface area contributed by atoms with Gasteiger partial charge in [-0.3, -0.25) is 9.69 Å². The van der Waals surface area contributed by atoms with Crippen molar-refractivity contribution in [2.24, 2.45) is 5.41 Å². The molecule has 21 heavy (non-hydrogen) atoms. The molecule has 0 atom stereocenters. The fourth-order valence-corrected chi connectivity index (χ4v) is 2.98. The number of halogens is 1. The average molecular weight is 353 g/mol. The first-order valence-corrected chi connectivity index (χ1v) is 8.41. The third-order valence-electron chi connectivity index (χ3n) is 3.90. The minimum Gasteiger partial charge on any atom is -0.353 e. The van der Waals surface area contributed by atoms with Crippen molar-refractivity contribution in [3.63, 3.8) is 0 Å². The summed E-state index contributed by atoms with van der Waals surface area (Å²) < 4.78 is 1.13. The van der Waals surface area contributed by atoms with E-state index >= 15 is 0 Å². The number of rotatable bonds is 3. The molecular weight excluding hydrogens is 328 g/mol. The highest BCUT2D eigenvalue weighted by Gasteiger charge is 2.26. The molecule has 0 aromatic heterocycles. The van der Waals surface area contributed by atoms with Gasteiger partial charge in [0.05, 0.1) is 0 Å². The van der Waals surface area contributed by atoms with E-state index in [4.69, 9.17) is 0 Å². The first-order chi connectivity index (χ1) is 9.84. The van der Waals surface area contributed by atoms with Gasteiger partial charge in [0.25, 0.3) is 0 Å². The van der Waals surface area contributed by atoms with Gasteiger partial charge in [0, 0.05) is 35.6 Å². The van der Waals surface area contributed by atoms with E-state index in [9.17, 15) is 4.79 Å². The van der Waals surface area contributed by atoms with E-state index in [1.54, 1.807) is 0 Å². The second kappa shape index (κ2) is 6.93. The Bertz CT molecular complexity index is 488. The Balaban J connectivity index is 1.80. The van der Waals surface area contributed by atoms with Crippen molar-refractivity contribution in [2.45, 2.75) is 46.2 Å². The Kier molecular flexibility index (Phi) is 5.44. The van der Waals surface area contributed by atoms with Crippen LogP contribution in [0.1, 0.15) is 39.2 Å². The molecule has 0 unspecified atom stereocenters. The number of nitrogens with one attached hydrogen (secondary N) is 1. The van der Waals surface area contributed by atoms with Crippen LogP contribution in [0.15, 0.2) is 28.7 Å². The van der Waals surface area contributed by atoms with Gasteiger partial charge < -0.3 is 5.32 Å². The molecule has 1 aromatic carbocycles. The molecule has 1 aromatic rings. The molecule has 0 bridgehead atoms. The third kappa shape index (κ3) is 5.11. The Morgan fingerprint density at radius 3 is 2.57 bits per heavy atom. The second-order valence-corrected chi connectivity index (χ2v) is 7.82. The van der Waals surface area contributed by atoms with Crippen molar-refractivity contribution in [3.8, 4) is 0 Å². The molecule has 0 saturated carbocycles. The van der Waals surface area contributed by atoms with Gasteiger partial charge in [-0.15, -0.1) is 0 Å². The van der Waals surface area contributed by atoms with Crippen LogP contribution in [0.2, 0.25) is 0 Å². The zero-order valence-corrected chi connectivity index (χ0v) is 14.7. The lowest BCUT2D eigenvalue weighted by Crippen LogP contribution is -2.47. The molecule has 3 nitrogen and oxygen atoms in total. The lowest BCUT2D eigenvalue weighted by atomic mass is 9.94. The quantitative estimate of drug-likeness (QED) is 0.901. The summed E-state index contributed by atoms with van der Waals surface area (Å²) in [6.45, 7) is 8.96. The summed E-state index contributed by atoms with van der Waals surface area (Å²) in [5.74, 6) is 0.160. The molecule has 2 rings (SSSR count). The average Bonchev–Trinajstić information content (AvgIpc) is 2.40. The number of carbonyl (C=O) groups is 1. The Morgan fingerprint density at radius 2 is 2.00 bits per heavy atom. The number of amides is 1. The second-order valence-electron chi connectivity index (χ2n) is 6.90. The number of likely N-dealkylation sites (tertiary alicyclic amines) is 1. The van der Waals surface area contributed by atoms with E-state index in [2.05, 4.69) is 50.4 Å². The number of piperidine rings is 1. The largest absolute Gasteiger partial charge is 0.353 e. The fraction of sp³-hybridized carbons (Fsp3) is 0.588. The molecule has 1 aliphatic rings. The third-order valence-corrected chi connectivity index (χ3v) is 4.39. The van der Waals surface area contributed by atoms with Crippen LogP contribution in [-0.4, -0.2) is 29.9 Å². The van der Waals surface area contributed by atoms with Crippen LogP contribution in [-0.2, 0) is 11.3 Å². The Labute approximate surface area is 136 Å². The standard InChI is InChI=1S/C17H25BrN2O/c1-17(2,3)16(21)19-15-7-9-20(10-8-15)12-13-5-4-6-14(18)11-13/h4-6,11,15H,7-10,12H2,1-3H3,(H,19,21). The van der Waals surface area contributed by atoms with E-state index in [-0.39, 0.29) is 11.3 Å². The smallest absolute Gasteiger partial charge is 0.225 e. The molecular formula is C17H25BrN2O. The molecule has 1 heterocycles. The van der Waals surface area contributed by atoms with Gasteiger partial charge in [-0.2, -0.15) is 0 Å². The summed E-state index contributed by atoms with van der Waals surface area (Å²) >= 11 is 3.52. The predicted molar refractivity (Wildman–Crippen MR) is 90.0 cm³/mol. The summed E-state index contributed by atoms with van der Waals surface area (Å²) in [6, 6.07) is 8.80. The lowest BCUT2D eigenvalue weighted by Gasteiger charge is -2.33. The molecule has 4 heteroatoms. The monoisotopic (exact) mass is 352 g/mol. The van der Waals surface area contributed by atoms with Crippen LogP contribution < -0.4 is 5.32 Å². The predicted octanol–water partition coefficient (Wildman–Crippen LogP) is 3.58. The topological polar surface area (TPSA) is 32.3 Å². The minimum atomic E-state index is -0.298. The van der Waals surface area contributed by atoms with Gasteiger partial charge in [0.1, 0.15) is 0 Å². The molecule has 116 valence electrons. The van der Waals surface area contributed by atoms with Gasteiger partial charge >= 0.3 is 0 Å². The van der Waals surface area contributed by atoms with E-state index in [0.29, 0.717) is 6.04 Å². The Hall–Kier alpha value is -0.870. The maximum atomic E-state index is 12.0. The lowest BCUT2D eigenvalue weighted by molar-refractivity contribution is -0.129. The van der Waals surface area contributed by atoms with E-state index < -0.39 is 0 Å². The minimum absolute atomic E-state index is 0.160. The number of nitrogens with zero attached hydrogens (tertiary/aromatic N) is 1. The molecule has 1 saturated heterocycles. The molecule has 1 N–H and O–H groups in total. The van der Waals surface area contributed by atoms with Crippen molar-refractivity contribution in [1.29, 1.82) is 0 Å². The normalized spacial score (nSPS) is 17.7. The zero-order chi connectivity index (χ0) is 15.5. The number of carbonyl (C=O) groups excluding carboxylic acids is 1. The van der Waals surface area contributed by atoms with Gasteiger partial charge in [-0.05, 0) is 30.5 Å². The number of hydrogen-bond donors (Lipinski definition) is 1. The highest BCUT2D eigenvalue weighted by atomic mass is 79.9. The van der Waals surface area contributed by atoms with Crippen molar-refractivity contribution in [1.82, 2.24) is 10.2 Å². The van der Waals surface area contributed by atoms with Crippen LogP contribution >= 0.6 is 15.9 Å². The van der Waals surface area contributed by atoms with E-state index in [0.717, 1.165) is 36.9 Å². The summed E-state index contributed by atoms with van der Waals surface area (Å²) in [4.78, 5) is 14.5. The van der Waals surface area contributed by atoms with Gasteiger partial charge in [0.15, 0.2) is 0 Å². The summed E-state index contributed by atoms with van der Waals surface area (Å²) in [5.41, 5.74) is 1.04. The summed E-state index contributed by atoms with van der Waals surface area (Å²) in [6.07, 6.45) is 2.08. The van der Waals surface area contributed by atoms with Gasteiger partial charge in [-0.1, -0.05) is 48.8 Å². The molecule has 1 aliphatic heterocycles. The molecule has 1 fully saturated rings. The van der Waals surface area contributed by atoms with Gasteiger partial charge in [0.2, 0.25) is 5.91 Å². The maximum Gasteiger partial charge on any atom is 0.225 e. The van der Waals surface area contributed by atoms with Crippen LogP contribution in [0.4, 0.5) is 0 Å². The van der Waals surface area contributed by atoms with Crippen molar-refractivity contribution >= 4 is 21.8 Å². The maximum absolute atomic E-state index is 12.0. The SMILES string of the molecule is CC(C)(C)C(=O)NC1CCN(Cc2cccc(Br)c2)CC1. The van der Waals surface area contributed by atoms with Crippen molar-refractivity contribution in [3.05, 3.63) is 34.3 Å². The van der Waals surface area contributed by atoms with Crippen LogP contribution in [0.3, 0.4) is 0 Å². The zero-order valence-electron chi connectivity index (χ0n) is 13.2. The van der Waals surface area contributed by atoms with Crippen molar-refractivity contribution < 1.29 is 4.79 Å². The number of hydrogen-bond acceptors (Lipinski definition) is 2. The van der Waals surface area contributed by atoms with Crippen LogP contribution in [0.5, 0.6) is 0 Å². The van der Waals surface area contributed by atoms with Crippen molar-refractivity contribution in [2.75, 3.05) is 13.1 Å². The highest BCUT2D eigenvalue weighted by molar-refractivity contribution is 9.10. The molecule has 0 aliphatic carbocycles. The first-order valence-electron chi connectivity index (χ1n) is 7.62. The number of benzene rings is 1. The highest BCUT2D eigenvalue weighted by Crippen LogP contribution is 2.19. The van der Waals surface area contributed by atoms with Gasteiger partial charge in [-0.25, -0.2) is 0 Å². The molecule has 1 amide bonds.